The van der Waals surface area contributed by atoms with Crippen molar-refractivity contribution in [1.82, 2.24) is 10.2 Å². The number of nitrogens with zero attached hydrogens (tertiary/aromatic N) is 2. The van der Waals surface area contributed by atoms with E-state index in [9.17, 15) is 18.0 Å². The maximum absolute atomic E-state index is 13.5. The normalized spacial score (nSPS) is 12.2. The molecular weight excluding hydrogens is 521 g/mol. The van der Waals surface area contributed by atoms with Gasteiger partial charge in [-0.15, -0.1) is 0 Å². The average molecular weight is 549 g/mol. The summed E-state index contributed by atoms with van der Waals surface area (Å²) in [6, 6.07) is 9.24. The Labute approximate surface area is 216 Å². The van der Waals surface area contributed by atoms with E-state index in [0.717, 1.165) is 28.1 Å². The van der Waals surface area contributed by atoms with Crippen LogP contribution in [0.3, 0.4) is 0 Å². The Morgan fingerprint density at radius 2 is 1.68 bits per heavy atom. The number of benzene rings is 2. The van der Waals surface area contributed by atoms with Crippen molar-refractivity contribution in [2.75, 3.05) is 23.7 Å². The Hall–Kier alpha value is -2.00. The van der Waals surface area contributed by atoms with Gasteiger partial charge in [0.25, 0.3) is 0 Å². The van der Waals surface area contributed by atoms with Crippen LogP contribution in [0.5, 0.6) is 0 Å². The molecule has 0 aromatic heterocycles. The molecule has 0 saturated carbocycles. The first-order chi connectivity index (χ1) is 15.9. The third kappa shape index (κ3) is 7.25. The number of carbonyl (C=O) groups excluding carboxylic acids is 2. The third-order valence-corrected chi connectivity index (χ3v) is 7.41. The Kier molecular flexibility index (Phi) is 10.1. The number of anilines is 1. The second-order valence-corrected chi connectivity index (χ2v) is 11.0. The van der Waals surface area contributed by atoms with Crippen molar-refractivity contribution in [3.63, 3.8) is 0 Å². The number of amides is 2. The maximum Gasteiger partial charge on any atom is 0.244 e. The summed E-state index contributed by atoms with van der Waals surface area (Å²) in [7, 11) is -3.94. The largest absolute Gasteiger partial charge is 0.354 e. The zero-order valence-electron chi connectivity index (χ0n) is 19.4. The molecule has 0 bridgehead atoms. The SMILES string of the molecule is CCCNC(=O)[C@H](C)N(Cc1ccccc1C)C(=O)CN(c1cc(Cl)c(Cl)cc1Cl)S(C)(=O)=O. The predicted octanol–water partition coefficient (Wildman–Crippen LogP) is 4.66. The summed E-state index contributed by atoms with van der Waals surface area (Å²) in [5.74, 6) is -0.905. The first kappa shape index (κ1) is 28.2. The van der Waals surface area contributed by atoms with Gasteiger partial charge in [0.2, 0.25) is 21.8 Å². The molecule has 1 N–H and O–H groups in total. The molecule has 0 saturated heterocycles. The quantitative estimate of drug-likeness (QED) is 0.437. The topological polar surface area (TPSA) is 86.8 Å². The number of nitrogens with one attached hydrogen (secondary N) is 1. The molecule has 0 aliphatic rings. The molecule has 0 radical (unpaired) electrons. The highest BCUT2D eigenvalue weighted by Crippen LogP contribution is 2.35. The van der Waals surface area contributed by atoms with Crippen molar-refractivity contribution in [3.05, 3.63) is 62.6 Å². The molecule has 0 unspecified atom stereocenters. The fourth-order valence-electron chi connectivity index (χ4n) is 3.25. The van der Waals surface area contributed by atoms with Gasteiger partial charge in [-0.25, -0.2) is 8.42 Å². The third-order valence-electron chi connectivity index (χ3n) is 5.26. The van der Waals surface area contributed by atoms with E-state index in [4.69, 9.17) is 34.8 Å². The van der Waals surface area contributed by atoms with Gasteiger partial charge in [0.1, 0.15) is 12.6 Å². The Morgan fingerprint density at radius 3 is 2.26 bits per heavy atom. The summed E-state index contributed by atoms with van der Waals surface area (Å²) < 4.78 is 26.1. The molecule has 2 rings (SSSR count). The number of sulfonamides is 1. The van der Waals surface area contributed by atoms with E-state index >= 15 is 0 Å². The fraction of sp³-hybridized carbons (Fsp3) is 0.391. The summed E-state index contributed by atoms with van der Waals surface area (Å²) in [5.41, 5.74) is 1.80. The van der Waals surface area contributed by atoms with Crippen LogP contribution in [0.1, 0.15) is 31.4 Å². The average Bonchev–Trinajstić information content (AvgIpc) is 2.76. The first-order valence-corrected chi connectivity index (χ1v) is 13.6. The summed E-state index contributed by atoms with van der Waals surface area (Å²) in [5, 5.41) is 3.05. The monoisotopic (exact) mass is 547 g/mol. The lowest BCUT2D eigenvalue weighted by Crippen LogP contribution is -2.51. The first-order valence-electron chi connectivity index (χ1n) is 10.6. The lowest BCUT2D eigenvalue weighted by molar-refractivity contribution is -0.139. The fourth-order valence-corrected chi connectivity index (χ4v) is 4.79. The minimum absolute atomic E-state index is 0.0193. The van der Waals surface area contributed by atoms with Gasteiger partial charge in [0, 0.05) is 13.1 Å². The zero-order chi connectivity index (χ0) is 25.6. The van der Waals surface area contributed by atoms with Crippen LogP contribution in [0.4, 0.5) is 5.69 Å². The second kappa shape index (κ2) is 12.1. The minimum atomic E-state index is -3.94. The summed E-state index contributed by atoms with van der Waals surface area (Å²) in [6.07, 6.45) is 1.70. The molecular formula is C23H28Cl3N3O4S. The van der Waals surface area contributed by atoms with Gasteiger partial charge in [-0.2, -0.15) is 0 Å². The van der Waals surface area contributed by atoms with E-state index in [2.05, 4.69) is 5.32 Å². The van der Waals surface area contributed by atoms with E-state index in [1.807, 2.05) is 38.1 Å². The highest BCUT2D eigenvalue weighted by molar-refractivity contribution is 7.92. The van der Waals surface area contributed by atoms with Crippen LogP contribution >= 0.6 is 34.8 Å². The maximum atomic E-state index is 13.5. The van der Waals surface area contributed by atoms with Crippen LogP contribution in [0.2, 0.25) is 15.1 Å². The van der Waals surface area contributed by atoms with E-state index < -0.39 is 28.5 Å². The molecule has 2 amide bonds. The molecule has 1 atom stereocenters. The summed E-state index contributed by atoms with van der Waals surface area (Å²) in [4.78, 5) is 27.6. The Bertz CT molecular complexity index is 1160. The minimum Gasteiger partial charge on any atom is -0.354 e. The number of rotatable bonds is 10. The van der Waals surface area contributed by atoms with Crippen molar-refractivity contribution in [2.24, 2.45) is 0 Å². The van der Waals surface area contributed by atoms with E-state index in [0.29, 0.717) is 6.54 Å². The summed E-state index contributed by atoms with van der Waals surface area (Å²) >= 11 is 18.3. The molecule has 0 heterocycles. The molecule has 0 aliphatic carbocycles. The Balaban J connectivity index is 2.46. The lowest BCUT2D eigenvalue weighted by atomic mass is 10.1. The molecule has 186 valence electrons. The van der Waals surface area contributed by atoms with Crippen LogP contribution < -0.4 is 9.62 Å². The van der Waals surface area contributed by atoms with Gasteiger partial charge in [-0.1, -0.05) is 66.0 Å². The molecule has 0 aliphatic heterocycles. The van der Waals surface area contributed by atoms with Gasteiger partial charge in [-0.3, -0.25) is 13.9 Å². The summed E-state index contributed by atoms with van der Waals surface area (Å²) in [6.45, 7) is 5.44. The van der Waals surface area contributed by atoms with Gasteiger partial charge < -0.3 is 10.2 Å². The van der Waals surface area contributed by atoms with Gasteiger partial charge >= 0.3 is 0 Å². The number of hydrogen-bond acceptors (Lipinski definition) is 4. The molecule has 0 spiro atoms. The zero-order valence-corrected chi connectivity index (χ0v) is 22.5. The van der Waals surface area contributed by atoms with Gasteiger partial charge in [0.05, 0.1) is 27.0 Å². The van der Waals surface area contributed by atoms with Crippen LogP contribution in [0, 0.1) is 6.92 Å². The van der Waals surface area contributed by atoms with Crippen molar-refractivity contribution >= 4 is 62.3 Å². The Morgan fingerprint density at radius 1 is 1.06 bits per heavy atom. The molecule has 7 nitrogen and oxygen atoms in total. The number of carbonyl (C=O) groups is 2. The number of aryl methyl sites for hydroxylation is 1. The molecule has 2 aromatic carbocycles. The van der Waals surface area contributed by atoms with Crippen LogP contribution in [-0.2, 0) is 26.2 Å². The molecule has 2 aromatic rings. The van der Waals surface area contributed by atoms with Crippen LogP contribution in [0.15, 0.2) is 36.4 Å². The lowest BCUT2D eigenvalue weighted by Gasteiger charge is -2.32. The molecule has 0 fully saturated rings. The van der Waals surface area contributed by atoms with Gasteiger partial charge in [0.15, 0.2) is 0 Å². The van der Waals surface area contributed by atoms with Crippen molar-refractivity contribution in [3.8, 4) is 0 Å². The van der Waals surface area contributed by atoms with Gasteiger partial charge in [-0.05, 0) is 43.5 Å². The van der Waals surface area contributed by atoms with E-state index in [-0.39, 0.29) is 33.2 Å². The number of halogens is 3. The number of hydrogen-bond donors (Lipinski definition) is 1. The van der Waals surface area contributed by atoms with E-state index in [1.54, 1.807) is 6.92 Å². The van der Waals surface area contributed by atoms with Crippen molar-refractivity contribution < 1.29 is 18.0 Å². The van der Waals surface area contributed by atoms with Crippen LogP contribution in [-0.4, -0.2) is 50.5 Å². The highest BCUT2D eigenvalue weighted by Gasteiger charge is 2.31. The predicted molar refractivity (Wildman–Crippen MR) is 138 cm³/mol. The smallest absolute Gasteiger partial charge is 0.244 e. The molecule has 34 heavy (non-hydrogen) atoms. The highest BCUT2D eigenvalue weighted by atomic mass is 35.5. The molecule has 11 heteroatoms. The standard InChI is InChI=1S/C23H28Cl3N3O4S/c1-5-10-27-23(31)16(3)28(13-17-9-7-6-8-15(17)2)22(30)14-29(34(4,32)33)21-12-19(25)18(24)11-20(21)26/h6-9,11-12,16H,5,10,13-14H2,1-4H3,(H,27,31)/t16-/m0/s1. The van der Waals surface area contributed by atoms with Crippen molar-refractivity contribution in [2.45, 2.75) is 39.8 Å². The van der Waals surface area contributed by atoms with E-state index in [1.165, 1.54) is 17.0 Å². The van der Waals surface area contributed by atoms with Crippen molar-refractivity contribution in [1.29, 1.82) is 0 Å². The second-order valence-electron chi connectivity index (χ2n) is 7.90. The van der Waals surface area contributed by atoms with Crippen LogP contribution in [0.25, 0.3) is 0 Å².